The number of rotatable bonds is 3. The van der Waals surface area contributed by atoms with Crippen LogP contribution >= 0.6 is 12.4 Å². The summed E-state index contributed by atoms with van der Waals surface area (Å²) in [6, 6.07) is 10.0. The average Bonchev–Trinajstić information content (AvgIpc) is 2.96. The van der Waals surface area contributed by atoms with E-state index < -0.39 is 10.0 Å². The van der Waals surface area contributed by atoms with Crippen LogP contribution in [0.15, 0.2) is 30.3 Å². The summed E-state index contributed by atoms with van der Waals surface area (Å²) in [7, 11) is -3.16. The van der Waals surface area contributed by atoms with Crippen LogP contribution in [-0.2, 0) is 14.8 Å². The van der Waals surface area contributed by atoms with E-state index in [1.807, 2.05) is 23.1 Å². The molecule has 25 heavy (non-hydrogen) atoms. The number of nitrogens with zero attached hydrogens (tertiary/aromatic N) is 2. The molecular formula is C17H26ClN3O3S. The topological polar surface area (TPSA) is 83.7 Å². The van der Waals surface area contributed by atoms with Gasteiger partial charge in [0.1, 0.15) is 0 Å². The van der Waals surface area contributed by atoms with Gasteiger partial charge in [0.2, 0.25) is 15.9 Å². The van der Waals surface area contributed by atoms with Crippen molar-refractivity contribution in [1.82, 2.24) is 9.21 Å². The van der Waals surface area contributed by atoms with E-state index in [-0.39, 0.29) is 36.2 Å². The van der Waals surface area contributed by atoms with Crippen LogP contribution in [0.5, 0.6) is 0 Å². The summed E-state index contributed by atoms with van der Waals surface area (Å²) in [5, 5.41) is 0. The van der Waals surface area contributed by atoms with Gasteiger partial charge < -0.3 is 10.6 Å². The Morgan fingerprint density at radius 1 is 1.12 bits per heavy atom. The second-order valence-corrected chi connectivity index (χ2v) is 8.84. The molecule has 2 saturated heterocycles. The lowest BCUT2D eigenvalue weighted by atomic mass is 9.95. The lowest BCUT2D eigenvalue weighted by Crippen LogP contribution is -2.44. The van der Waals surface area contributed by atoms with Gasteiger partial charge in [-0.25, -0.2) is 12.7 Å². The van der Waals surface area contributed by atoms with Crippen molar-refractivity contribution < 1.29 is 13.2 Å². The SMILES string of the molecule is CS(=O)(=O)N1CCC(C(=O)N2C[C@@H](N)[C@H](c3ccccc3)C2)CC1.Cl. The molecule has 0 unspecified atom stereocenters. The van der Waals surface area contributed by atoms with Crippen molar-refractivity contribution >= 4 is 28.3 Å². The van der Waals surface area contributed by atoms with Crippen LogP contribution in [0.1, 0.15) is 24.3 Å². The minimum atomic E-state index is -3.16. The Morgan fingerprint density at radius 2 is 1.72 bits per heavy atom. The number of nitrogens with two attached hydrogens (primary N) is 1. The normalized spacial score (nSPS) is 25.6. The standard InChI is InChI=1S/C17H25N3O3S.ClH/c1-24(22,23)20-9-7-14(8-10-20)17(21)19-11-15(16(18)12-19)13-5-3-2-4-6-13;/h2-6,14-16H,7-12,18H2,1H3;1H/t15-,16+;/m0./s1. The fourth-order valence-corrected chi connectivity index (χ4v) is 4.63. The lowest BCUT2D eigenvalue weighted by Gasteiger charge is -2.31. The van der Waals surface area contributed by atoms with Gasteiger partial charge >= 0.3 is 0 Å². The molecule has 0 aliphatic carbocycles. The lowest BCUT2D eigenvalue weighted by molar-refractivity contribution is -0.135. The smallest absolute Gasteiger partial charge is 0.225 e. The first kappa shape index (κ1) is 20.2. The second-order valence-electron chi connectivity index (χ2n) is 6.86. The van der Waals surface area contributed by atoms with E-state index in [2.05, 4.69) is 12.1 Å². The molecular weight excluding hydrogens is 362 g/mol. The van der Waals surface area contributed by atoms with Gasteiger partial charge in [0.05, 0.1) is 6.26 Å². The molecule has 0 aromatic heterocycles. The highest BCUT2D eigenvalue weighted by Crippen LogP contribution is 2.29. The van der Waals surface area contributed by atoms with Gasteiger partial charge in [0.25, 0.3) is 0 Å². The Kier molecular flexibility index (Phi) is 6.48. The third kappa shape index (κ3) is 4.53. The maximum Gasteiger partial charge on any atom is 0.225 e. The predicted molar refractivity (Wildman–Crippen MR) is 100 cm³/mol. The minimum absolute atomic E-state index is 0. The van der Waals surface area contributed by atoms with Crippen molar-refractivity contribution in [2.45, 2.75) is 24.8 Å². The summed E-state index contributed by atoms with van der Waals surface area (Å²) >= 11 is 0. The van der Waals surface area contributed by atoms with Gasteiger partial charge in [-0.2, -0.15) is 0 Å². The second kappa shape index (κ2) is 8.03. The van der Waals surface area contributed by atoms with Crippen LogP contribution in [0.3, 0.4) is 0 Å². The van der Waals surface area contributed by atoms with Gasteiger partial charge in [0, 0.05) is 44.1 Å². The summed E-state index contributed by atoms with van der Waals surface area (Å²) in [4.78, 5) is 14.6. The molecule has 6 nitrogen and oxygen atoms in total. The maximum absolute atomic E-state index is 12.8. The summed E-state index contributed by atoms with van der Waals surface area (Å²) < 4.78 is 24.6. The predicted octanol–water partition coefficient (Wildman–Crippen LogP) is 1.03. The quantitative estimate of drug-likeness (QED) is 0.839. The Balaban J connectivity index is 0.00000225. The molecule has 0 spiro atoms. The molecule has 1 aromatic carbocycles. The number of halogens is 1. The number of hydrogen-bond donors (Lipinski definition) is 1. The number of carbonyl (C=O) groups excluding carboxylic acids is 1. The van der Waals surface area contributed by atoms with E-state index in [1.54, 1.807) is 0 Å². The first-order chi connectivity index (χ1) is 11.4. The highest BCUT2D eigenvalue weighted by atomic mass is 35.5. The molecule has 0 bridgehead atoms. The van der Waals surface area contributed by atoms with Crippen molar-refractivity contribution in [2.75, 3.05) is 32.4 Å². The summed E-state index contributed by atoms with van der Waals surface area (Å²) in [6.07, 6.45) is 2.40. The number of benzene rings is 1. The first-order valence-corrected chi connectivity index (χ1v) is 10.3. The first-order valence-electron chi connectivity index (χ1n) is 8.40. The van der Waals surface area contributed by atoms with Gasteiger partial charge in [0.15, 0.2) is 0 Å². The van der Waals surface area contributed by atoms with E-state index in [9.17, 15) is 13.2 Å². The molecule has 2 atom stereocenters. The van der Waals surface area contributed by atoms with Gasteiger partial charge in [-0.15, -0.1) is 12.4 Å². The van der Waals surface area contributed by atoms with Crippen molar-refractivity contribution in [1.29, 1.82) is 0 Å². The van der Waals surface area contributed by atoms with Gasteiger partial charge in [-0.1, -0.05) is 30.3 Å². The zero-order valence-corrected chi connectivity index (χ0v) is 16.0. The molecule has 2 fully saturated rings. The number of piperidine rings is 1. The molecule has 1 amide bonds. The van der Waals surface area contributed by atoms with E-state index in [0.29, 0.717) is 39.0 Å². The van der Waals surface area contributed by atoms with E-state index >= 15 is 0 Å². The summed E-state index contributed by atoms with van der Waals surface area (Å²) in [6.45, 7) is 2.08. The largest absolute Gasteiger partial charge is 0.340 e. The van der Waals surface area contributed by atoms with Crippen LogP contribution in [0.2, 0.25) is 0 Å². The minimum Gasteiger partial charge on any atom is -0.340 e. The Morgan fingerprint density at radius 3 is 2.28 bits per heavy atom. The fourth-order valence-electron chi connectivity index (χ4n) is 3.75. The number of hydrogen-bond acceptors (Lipinski definition) is 4. The summed E-state index contributed by atoms with van der Waals surface area (Å²) in [5.41, 5.74) is 7.44. The molecule has 1 aromatic rings. The number of carbonyl (C=O) groups is 1. The third-order valence-corrected chi connectivity index (χ3v) is 6.48. The van der Waals surface area contributed by atoms with Crippen LogP contribution in [0.4, 0.5) is 0 Å². The van der Waals surface area contributed by atoms with Crippen molar-refractivity contribution in [3.05, 3.63) is 35.9 Å². The maximum atomic E-state index is 12.8. The van der Waals surface area contributed by atoms with Gasteiger partial charge in [-0.05, 0) is 18.4 Å². The molecule has 0 saturated carbocycles. The Bertz CT molecular complexity index is 690. The van der Waals surface area contributed by atoms with Crippen LogP contribution in [0.25, 0.3) is 0 Å². The number of amides is 1. The zero-order chi connectivity index (χ0) is 17.3. The highest BCUT2D eigenvalue weighted by molar-refractivity contribution is 7.88. The highest BCUT2D eigenvalue weighted by Gasteiger charge is 2.38. The summed E-state index contributed by atoms with van der Waals surface area (Å²) in [5.74, 6) is 0.202. The van der Waals surface area contributed by atoms with Crippen LogP contribution < -0.4 is 5.73 Å². The van der Waals surface area contributed by atoms with Crippen molar-refractivity contribution in [3.63, 3.8) is 0 Å². The van der Waals surface area contributed by atoms with Crippen molar-refractivity contribution in [2.24, 2.45) is 11.7 Å². The van der Waals surface area contributed by atoms with E-state index in [0.717, 1.165) is 0 Å². The Labute approximate surface area is 155 Å². The molecule has 2 aliphatic heterocycles. The molecule has 0 radical (unpaired) electrons. The molecule has 2 aliphatic rings. The fraction of sp³-hybridized carbons (Fsp3) is 0.588. The van der Waals surface area contributed by atoms with Crippen LogP contribution in [-0.4, -0.2) is 62.0 Å². The van der Waals surface area contributed by atoms with Crippen LogP contribution in [0, 0.1) is 5.92 Å². The molecule has 2 heterocycles. The molecule has 8 heteroatoms. The zero-order valence-electron chi connectivity index (χ0n) is 14.4. The van der Waals surface area contributed by atoms with Gasteiger partial charge in [-0.3, -0.25) is 4.79 Å². The average molecular weight is 388 g/mol. The molecule has 3 rings (SSSR count). The molecule has 2 N–H and O–H groups in total. The van der Waals surface area contributed by atoms with Crippen molar-refractivity contribution in [3.8, 4) is 0 Å². The third-order valence-electron chi connectivity index (χ3n) is 5.18. The van der Waals surface area contributed by atoms with E-state index in [1.165, 1.54) is 16.1 Å². The Hall–Kier alpha value is -1.15. The van der Waals surface area contributed by atoms with E-state index in [4.69, 9.17) is 5.73 Å². The number of sulfonamides is 1. The number of likely N-dealkylation sites (tertiary alicyclic amines) is 1. The molecule has 140 valence electrons. The monoisotopic (exact) mass is 387 g/mol.